The zero-order valence-corrected chi connectivity index (χ0v) is 17.8. The summed E-state index contributed by atoms with van der Waals surface area (Å²) in [5.41, 5.74) is 1.69. The minimum absolute atomic E-state index is 0.166. The second-order valence-corrected chi connectivity index (χ2v) is 11.1. The highest BCUT2D eigenvalue weighted by atomic mass is 32.1. The quantitative estimate of drug-likeness (QED) is 0.717. The molecule has 1 aromatic heterocycles. The fourth-order valence-electron chi connectivity index (χ4n) is 7.12. The van der Waals surface area contributed by atoms with E-state index in [1.54, 1.807) is 18.3 Å². The molecular weight excluding hydrogens is 382 g/mol. The predicted molar refractivity (Wildman–Crippen MR) is 115 cm³/mol. The van der Waals surface area contributed by atoms with E-state index in [0.717, 1.165) is 24.9 Å². The Balaban J connectivity index is 1.29. The van der Waals surface area contributed by atoms with Gasteiger partial charge in [-0.05, 0) is 79.5 Å². The second-order valence-electron chi connectivity index (χ2n) is 10.2. The molecule has 2 atom stereocenters. The zero-order chi connectivity index (χ0) is 20.3. The van der Waals surface area contributed by atoms with Crippen molar-refractivity contribution in [1.82, 2.24) is 4.98 Å². The number of anilines is 2. The Morgan fingerprint density at radius 1 is 1.00 bits per heavy atom. The van der Waals surface area contributed by atoms with Crippen LogP contribution in [0.4, 0.5) is 10.8 Å². The fraction of sp³-hybridized carbons (Fsp3) is 0.522. The molecule has 5 nitrogen and oxygen atoms in total. The van der Waals surface area contributed by atoms with Crippen LogP contribution in [0.15, 0.2) is 35.8 Å². The highest BCUT2D eigenvalue weighted by Crippen LogP contribution is 2.69. The summed E-state index contributed by atoms with van der Waals surface area (Å²) in [6, 6.07) is 7.14. The SMILES string of the molecule is CC12CC3CC(C)(C1)CC(C(=O)Nc1ccc(C(=O)Nc4nccs4)cc1)(C3)C2. The van der Waals surface area contributed by atoms with Gasteiger partial charge in [-0.25, -0.2) is 4.98 Å². The van der Waals surface area contributed by atoms with E-state index < -0.39 is 0 Å². The van der Waals surface area contributed by atoms with Crippen LogP contribution in [0.5, 0.6) is 0 Å². The minimum Gasteiger partial charge on any atom is -0.326 e. The van der Waals surface area contributed by atoms with Gasteiger partial charge in [-0.1, -0.05) is 13.8 Å². The Hall–Kier alpha value is -2.21. The number of nitrogens with one attached hydrogen (secondary N) is 2. The van der Waals surface area contributed by atoms with Gasteiger partial charge in [0.15, 0.2) is 5.13 Å². The van der Waals surface area contributed by atoms with Crippen LogP contribution >= 0.6 is 11.3 Å². The topological polar surface area (TPSA) is 71.1 Å². The maximum atomic E-state index is 13.4. The Morgan fingerprint density at radius 2 is 1.69 bits per heavy atom. The molecule has 6 rings (SSSR count). The number of amides is 2. The summed E-state index contributed by atoms with van der Waals surface area (Å²) < 4.78 is 0. The summed E-state index contributed by atoms with van der Waals surface area (Å²) >= 11 is 1.38. The highest BCUT2D eigenvalue weighted by molar-refractivity contribution is 7.13. The first-order chi connectivity index (χ1) is 13.8. The standard InChI is InChI=1S/C23H27N3O2S/c1-21-9-15-10-22(2,12-21)14-23(11-15,13-21)19(28)25-17-5-3-16(4-6-17)18(27)26-20-24-7-8-29-20/h3-8,15H,9-14H2,1-2H3,(H,25,28)(H,24,26,27). The third-order valence-electron chi connectivity index (χ3n) is 7.17. The molecule has 0 saturated heterocycles. The largest absolute Gasteiger partial charge is 0.326 e. The van der Waals surface area contributed by atoms with Crippen molar-refractivity contribution in [2.24, 2.45) is 22.2 Å². The van der Waals surface area contributed by atoms with E-state index in [1.807, 2.05) is 17.5 Å². The molecule has 0 spiro atoms. The molecule has 152 valence electrons. The Labute approximate surface area is 175 Å². The van der Waals surface area contributed by atoms with Crippen LogP contribution in [-0.2, 0) is 4.79 Å². The molecule has 2 N–H and O–H groups in total. The molecule has 1 heterocycles. The molecule has 2 aromatic rings. The van der Waals surface area contributed by atoms with Gasteiger partial charge in [-0.15, -0.1) is 11.3 Å². The zero-order valence-electron chi connectivity index (χ0n) is 17.0. The molecule has 2 amide bonds. The van der Waals surface area contributed by atoms with Crippen LogP contribution in [0.3, 0.4) is 0 Å². The van der Waals surface area contributed by atoms with Gasteiger partial charge in [0, 0.05) is 22.8 Å². The van der Waals surface area contributed by atoms with Gasteiger partial charge < -0.3 is 5.32 Å². The van der Waals surface area contributed by atoms with Crippen molar-refractivity contribution in [3.8, 4) is 0 Å². The van der Waals surface area contributed by atoms with Crippen LogP contribution in [0, 0.1) is 22.2 Å². The number of carbonyl (C=O) groups excluding carboxylic acids is 2. The van der Waals surface area contributed by atoms with Crippen molar-refractivity contribution in [2.45, 2.75) is 52.4 Å². The van der Waals surface area contributed by atoms with E-state index in [2.05, 4.69) is 29.5 Å². The van der Waals surface area contributed by atoms with Crippen molar-refractivity contribution >= 4 is 34.0 Å². The molecular formula is C23H27N3O2S. The highest BCUT2D eigenvalue weighted by Gasteiger charge is 2.62. The first-order valence-electron chi connectivity index (χ1n) is 10.4. The molecule has 4 bridgehead atoms. The number of rotatable bonds is 4. The van der Waals surface area contributed by atoms with Crippen molar-refractivity contribution in [2.75, 3.05) is 10.6 Å². The normalized spacial score (nSPS) is 34.8. The van der Waals surface area contributed by atoms with Crippen molar-refractivity contribution in [3.63, 3.8) is 0 Å². The lowest BCUT2D eigenvalue weighted by Crippen LogP contribution is -2.58. The smallest absolute Gasteiger partial charge is 0.257 e. The average Bonchev–Trinajstić information content (AvgIpc) is 3.12. The Morgan fingerprint density at radius 3 is 2.28 bits per heavy atom. The maximum absolute atomic E-state index is 13.4. The minimum atomic E-state index is -0.232. The molecule has 4 aliphatic carbocycles. The molecule has 4 saturated carbocycles. The number of benzene rings is 1. The second kappa shape index (κ2) is 6.39. The Bertz CT molecular complexity index is 935. The number of aromatic nitrogens is 1. The number of carbonyl (C=O) groups is 2. The fourth-order valence-corrected chi connectivity index (χ4v) is 7.65. The van der Waals surface area contributed by atoms with Crippen LogP contribution in [0.25, 0.3) is 0 Å². The van der Waals surface area contributed by atoms with E-state index >= 15 is 0 Å². The average molecular weight is 410 g/mol. The van der Waals surface area contributed by atoms with Gasteiger partial charge in [0.05, 0.1) is 5.41 Å². The molecule has 0 aliphatic heterocycles. The van der Waals surface area contributed by atoms with Crippen molar-refractivity contribution in [1.29, 1.82) is 0 Å². The van der Waals surface area contributed by atoms with E-state index in [-0.39, 0.29) is 17.2 Å². The molecule has 0 radical (unpaired) electrons. The molecule has 29 heavy (non-hydrogen) atoms. The van der Waals surface area contributed by atoms with Gasteiger partial charge in [-0.3, -0.25) is 14.9 Å². The van der Waals surface area contributed by atoms with Crippen LogP contribution in [0.1, 0.15) is 62.7 Å². The summed E-state index contributed by atoms with van der Waals surface area (Å²) in [6.07, 6.45) is 8.51. The maximum Gasteiger partial charge on any atom is 0.257 e. The van der Waals surface area contributed by atoms with Crippen LogP contribution < -0.4 is 10.6 Å². The molecule has 1 aromatic carbocycles. The summed E-state index contributed by atoms with van der Waals surface area (Å²) in [5, 5.41) is 8.34. The number of thiazole rings is 1. The van der Waals surface area contributed by atoms with Gasteiger partial charge in [-0.2, -0.15) is 0 Å². The summed E-state index contributed by atoms with van der Waals surface area (Å²) in [6.45, 7) is 4.77. The third kappa shape index (κ3) is 3.37. The summed E-state index contributed by atoms with van der Waals surface area (Å²) in [7, 11) is 0. The first-order valence-corrected chi connectivity index (χ1v) is 11.3. The molecule has 4 fully saturated rings. The van der Waals surface area contributed by atoms with E-state index in [0.29, 0.717) is 27.4 Å². The molecule has 4 aliphatic rings. The lowest BCUT2D eigenvalue weighted by molar-refractivity contribution is -0.165. The lowest BCUT2D eigenvalue weighted by Gasteiger charge is -2.64. The van der Waals surface area contributed by atoms with Gasteiger partial charge in [0.25, 0.3) is 5.91 Å². The third-order valence-corrected chi connectivity index (χ3v) is 7.85. The number of hydrogen-bond acceptors (Lipinski definition) is 4. The first kappa shape index (κ1) is 18.8. The number of nitrogens with zero attached hydrogens (tertiary/aromatic N) is 1. The number of hydrogen-bond donors (Lipinski definition) is 2. The summed E-state index contributed by atoms with van der Waals surface area (Å²) in [5.74, 6) is 0.655. The molecule has 2 unspecified atom stereocenters. The van der Waals surface area contributed by atoms with Gasteiger partial charge in [0.1, 0.15) is 0 Å². The van der Waals surface area contributed by atoms with Crippen LogP contribution in [-0.4, -0.2) is 16.8 Å². The predicted octanol–water partition coefficient (Wildman–Crippen LogP) is 5.33. The van der Waals surface area contributed by atoms with Crippen molar-refractivity contribution in [3.05, 3.63) is 41.4 Å². The van der Waals surface area contributed by atoms with Crippen molar-refractivity contribution < 1.29 is 9.59 Å². The Kier molecular flexibility index (Phi) is 4.14. The monoisotopic (exact) mass is 409 g/mol. The van der Waals surface area contributed by atoms with Gasteiger partial charge >= 0.3 is 0 Å². The lowest BCUT2D eigenvalue weighted by atomic mass is 9.40. The van der Waals surface area contributed by atoms with Gasteiger partial charge in [0.2, 0.25) is 5.91 Å². The van der Waals surface area contributed by atoms with Crippen LogP contribution in [0.2, 0.25) is 0 Å². The van der Waals surface area contributed by atoms with E-state index in [4.69, 9.17) is 0 Å². The van der Waals surface area contributed by atoms with E-state index in [1.165, 1.54) is 30.6 Å². The van der Waals surface area contributed by atoms with E-state index in [9.17, 15) is 9.59 Å². The summed E-state index contributed by atoms with van der Waals surface area (Å²) in [4.78, 5) is 29.8. The molecule has 6 heteroatoms.